The van der Waals surface area contributed by atoms with Gasteiger partial charge in [-0.05, 0) is 50.6 Å². The predicted molar refractivity (Wildman–Crippen MR) is 163 cm³/mol. The van der Waals surface area contributed by atoms with Gasteiger partial charge in [-0.2, -0.15) is 18.3 Å². The van der Waals surface area contributed by atoms with Crippen LogP contribution in [0.1, 0.15) is 71.0 Å². The van der Waals surface area contributed by atoms with Crippen LogP contribution in [0.4, 0.5) is 27.6 Å². The lowest BCUT2D eigenvalue weighted by Crippen LogP contribution is -2.46. The number of benzene rings is 2. The molecule has 9 nitrogen and oxygen atoms in total. The van der Waals surface area contributed by atoms with Gasteiger partial charge in [0.1, 0.15) is 35.7 Å². The van der Waals surface area contributed by atoms with Gasteiger partial charge in [-0.25, -0.2) is 8.78 Å². The zero-order chi connectivity index (χ0) is 34.1. The second kappa shape index (κ2) is 16.0. The maximum atomic E-state index is 15.3. The van der Waals surface area contributed by atoms with E-state index < -0.39 is 54.0 Å². The summed E-state index contributed by atoms with van der Waals surface area (Å²) in [5.41, 5.74) is 0.288. The zero-order valence-electron chi connectivity index (χ0n) is 26.1. The van der Waals surface area contributed by atoms with Crippen LogP contribution in [-0.4, -0.2) is 65.3 Å². The maximum absolute atomic E-state index is 15.3. The number of nitrogens with one attached hydrogen (secondary N) is 2. The Morgan fingerprint density at radius 3 is 2.22 bits per heavy atom. The second-order valence-corrected chi connectivity index (χ2v) is 10.2. The summed E-state index contributed by atoms with van der Waals surface area (Å²) in [4.78, 5) is 39.6. The van der Waals surface area contributed by atoms with E-state index in [0.29, 0.717) is 10.5 Å². The van der Waals surface area contributed by atoms with Crippen molar-refractivity contribution in [2.45, 2.75) is 65.2 Å². The number of carbonyl (C=O) groups is 3. The number of anilines is 1. The second-order valence-electron chi connectivity index (χ2n) is 10.2. The summed E-state index contributed by atoms with van der Waals surface area (Å²) < 4.78 is 73.8. The molecule has 2 N–H and O–H groups in total. The number of methoxy groups -OCH3 is 1. The van der Waals surface area contributed by atoms with Crippen molar-refractivity contribution in [3.63, 3.8) is 0 Å². The van der Waals surface area contributed by atoms with Crippen molar-refractivity contribution in [2.75, 3.05) is 26.0 Å². The van der Waals surface area contributed by atoms with Crippen LogP contribution in [-0.2, 0) is 16.0 Å². The van der Waals surface area contributed by atoms with E-state index in [2.05, 4.69) is 15.7 Å². The highest BCUT2D eigenvalue weighted by atomic mass is 19.4. The molecular weight excluding hydrogens is 601 g/mol. The van der Waals surface area contributed by atoms with Crippen molar-refractivity contribution in [3.05, 3.63) is 77.1 Å². The smallest absolute Gasteiger partial charge is 0.406 e. The van der Waals surface area contributed by atoms with E-state index in [1.54, 1.807) is 0 Å². The zero-order valence-corrected chi connectivity index (χ0v) is 26.1. The van der Waals surface area contributed by atoms with Gasteiger partial charge in [-0.1, -0.05) is 26.0 Å². The summed E-state index contributed by atoms with van der Waals surface area (Å²) in [7, 11) is 2.20. The minimum Gasteiger partial charge on any atom is -0.496 e. The van der Waals surface area contributed by atoms with E-state index in [-0.39, 0.29) is 38.0 Å². The molecule has 250 valence electrons. The third-order valence-corrected chi connectivity index (χ3v) is 6.57. The first-order valence-corrected chi connectivity index (χ1v) is 14.2. The average Bonchev–Trinajstić information content (AvgIpc) is 3.49. The average molecular weight is 644 g/mol. The summed E-state index contributed by atoms with van der Waals surface area (Å²) in [6.07, 6.45) is -3.27. The lowest BCUT2D eigenvalue weighted by Gasteiger charge is -2.24. The van der Waals surface area contributed by atoms with Crippen LogP contribution in [0.5, 0.6) is 5.75 Å². The molecule has 3 rings (SSSR count). The Balaban J connectivity index is 0.00000519. The number of likely N-dealkylation sites (N-methyl/N-ethyl adjacent to an activating group) is 1. The number of aromatic nitrogens is 2. The van der Waals surface area contributed by atoms with Crippen LogP contribution in [0.25, 0.3) is 0 Å². The van der Waals surface area contributed by atoms with Crippen LogP contribution in [0.3, 0.4) is 0 Å². The van der Waals surface area contributed by atoms with Crippen LogP contribution in [0.15, 0.2) is 48.7 Å². The first-order valence-electron chi connectivity index (χ1n) is 14.2. The number of alkyl halides is 3. The summed E-state index contributed by atoms with van der Waals surface area (Å²) in [6, 6.07) is 7.31. The molecule has 0 radical (unpaired) electrons. The normalized spacial score (nSPS) is 12.5. The SMILES string of the molecule is CC.COc1cc(NC(=O)[C@H](Cc2ccc(F)cc2)NC(=O)c2ccnn2C(C)C)c(F)cc1C(C)C(=O)N(C)CC(F)(F)F.[HH].[HH]. The van der Waals surface area contributed by atoms with E-state index in [1.165, 1.54) is 55.2 Å². The molecule has 0 saturated heterocycles. The number of halogens is 5. The van der Waals surface area contributed by atoms with Crippen molar-refractivity contribution in [2.24, 2.45) is 0 Å². The minimum atomic E-state index is -4.62. The summed E-state index contributed by atoms with van der Waals surface area (Å²) in [6.45, 7) is 7.44. The third-order valence-electron chi connectivity index (χ3n) is 6.57. The highest BCUT2D eigenvalue weighted by molar-refractivity contribution is 6.01. The minimum absolute atomic E-state index is 0. The molecule has 2 atom stereocenters. The Hall–Kier alpha value is -4.49. The number of ether oxygens (including phenoxy) is 1. The number of hydrogen-bond acceptors (Lipinski definition) is 5. The largest absolute Gasteiger partial charge is 0.496 e. The Morgan fingerprint density at radius 2 is 1.67 bits per heavy atom. The monoisotopic (exact) mass is 643 g/mol. The van der Waals surface area contributed by atoms with E-state index in [4.69, 9.17) is 4.74 Å². The molecule has 3 amide bonds. The van der Waals surface area contributed by atoms with E-state index in [9.17, 15) is 31.9 Å². The molecule has 0 saturated carbocycles. The van der Waals surface area contributed by atoms with Crippen LogP contribution >= 0.6 is 0 Å². The van der Waals surface area contributed by atoms with Crippen LogP contribution in [0.2, 0.25) is 0 Å². The van der Waals surface area contributed by atoms with Crippen LogP contribution in [0, 0.1) is 11.6 Å². The Labute approximate surface area is 261 Å². The van der Waals surface area contributed by atoms with Gasteiger partial charge >= 0.3 is 6.18 Å². The molecule has 1 aromatic heterocycles. The third kappa shape index (κ3) is 10.0. The predicted octanol–water partition coefficient (Wildman–Crippen LogP) is 6.37. The van der Waals surface area contributed by atoms with Crippen molar-refractivity contribution >= 4 is 23.4 Å². The topological polar surface area (TPSA) is 106 Å². The highest BCUT2D eigenvalue weighted by Crippen LogP contribution is 2.33. The standard InChI is InChI=1S/C29H32F5N5O4.C2H6.2H2/c1-16(2)39-24(10-11-35-39)27(41)37-23(12-18-6-8-19(30)9-7-18)26(40)36-22-14-25(43-5)20(13-21(22)31)17(3)28(42)38(4)15-29(32,33)34;1-2;;/h6-11,13-14,16-17,23H,12,15H2,1-5H3,(H,36,40)(H,37,41);1-2H3;2*1H/t17?,23-;;;/m0.../s1. The summed E-state index contributed by atoms with van der Waals surface area (Å²) in [5.74, 6) is -5.13. The molecule has 0 aliphatic heterocycles. The fourth-order valence-electron chi connectivity index (χ4n) is 4.41. The quantitative estimate of drug-likeness (QED) is 0.236. The Kier molecular flexibility index (Phi) is 13.1. The Bertz CT molecular complexity index is 1470. The molecule has 0 aliphatic rings. The summed E-state index contributed by atoms with van der Waals surface area (Å²) in [5, 5.41) is 9.14. The van der Waals surface area contributed by atoms with E-state index >= 15 is 4.39 Å². The van der Waals surface area contributed by atoms with Gasteiger partial charge in [0.15, 0.2) is 0 Å². The van der Waals surface area contributed by atoms with Crippen molar-refractivity contribution in [3.8, 4) is 5.75 Å². The van der Waals surface area contributed by atoms with Crippen molar-refractivity contribution in [1.82, 2.24) is 20.0 Å². The molecule has 1 unspecified atom stereocenters. The molecule has 0 aliphatic carbocycles. The highest BCUT2D eigenvalue weighted by Gasteiger charge is 2.34. The number of carbonyl (C=O) groups excluding carboxylic acids is 3. The molecule has 3 aromatic rings. The molecule has 2 aromatic carbocycles. The number of nitrogens with zero attached hydrogens (tertiary/aromatic N) is 3. The first kappa shape index (κ1) is 36.7. The van der Waals surface area contributed by atoms with E-state index in [1.807, 2.05) is 27.7 Å². The maximum Gasteiger partial charge on any atom is 0.406 e. The number of hydrogen-bond donors (Lipinski definition) is 2. The van der Waals surface area contributed by atoms with Crippen molar-refractivity contribution < 1.29 is 43.9 Å². The van der Waals surface area contributed by atoms with Crippen LogP contribution < -0.4 is 15.4 Å². The number of rotatable bonds is 11. The van der Waals surface area contributed by atoms with Gasteiger partial charge in [0.05, 0.1) is 18.7 Å². The molecule has 0 bridgehead atoms. The fraction of sp³-hybridized carbons (Fsp3) is 0.419. The molecule has 0 spiro atoms. The fourth-order valence-corrected chi connectivity index (χ4v) is 4.41. The van der Waals surface area contributed by atoms with Gasteiger partial charge in [0.25, 0.3) is 5.91 Å². The molecule has 1 heterocycles. The molecule has 0 fully saturated rings. The lowest BCUT2D eigenvalue weighted by molar-refractivity contribution is -0.159. The van der Waals surface area contributed by atoms with Gasteiger partial charge in [-0.3, -0.25) is 19.1 Å². The van der Waals surface area contributed by atoms with Gasteiger partial charge in [0.2, 0.25) is 11.8 Å². The first-order chi connectivity index (χ1) is 21.1. The van der Waals surface area contributed by atoms with E-state index in [0.717, 1.165) is 19.2 Å². The number of amides is 3. The van der Waals surface area contributed by atoms with Crippen molar-refractivity contribution in [1.29, 1.82) is 0 Å². The Morgan fingerprint density at radius 1 is 1.04 bits per heavy atom. The molecular formula is C31H42F5N5O4. The van der Waals surface area contributed by atoms with Gasteiger partial charge in [-0.15, -0.1) is 0 Å². The van der Waals surface area contributed by atoms with Gasteiger partial charge < -0.3 is 20.3 Å². The summed E-state index contributed by atoms with van der Waals surface area (Å²) >= 11 is 0. The lowest BCUT2D eigenvalue weighted by atomic mass is 9.97. The molecule has 45 heavy (non-hydrogen) atoms. The molecule has 14 heteroatoms. The van der Waals surface area contributed by atoms with Gasteiger partial charge in [0, 0.05) is 40.2 Å².